The van der Waals surface area contributed by atoms with Crippen molar-refractivity contribution in [1.82, 2.24) is 19.3 Å². The number of nitrogens with zero attached hydrogens (tertiary/aromatic N) is 4. The summed E-state index contributed by atoms with van der Waals surface area (Å²) in [6.45, 7) is 6.41. The number of unbranched alkanes of at least 4 members (excludes halogenated alkanes) is 1. The molecule has 0 saturated heterocycles. The normalized spacial score (nSPS) is 12.6. The maximum absolute atomic E-state index is 13.1. The van der Waals surface area contributed by atoms with Crippen molar-refractivity contribution in [2.75, 3.05) is 0 Å². The number of aromatic nitrogens is 4. The van der Waals surface area contributed by atoms with Gasteiger partial charge in [0.2, 0.25) is 0 Å². The van der Waals surface area contributed by atoms with Gasteiger partial charge in [0.05, 0.1) is 5.02 Å². The molecule has 0 spiro atoms. The summed E-state index contributed by atoms with van der Waals surface area (Å²) in [5.74, 6) is 0.911. The summed E-state index contributed by atoms with van der Waals surface area (Å²) >= 11 is 12.5. The highest BCUT2D eigenvalue weighted by atomic mass is 35.5. The molecule has 2 aromatic heterocycles. The van der Waals surface area contributed by atoms with Crippen molar-refractivity contribution >= 4 is 34.2 Å². The van der Waals surface area contributed by atoms with Crippen LogP contribution in [0.4, 0.5) is 0 Å². The van der Waals surface area contributed by atoms with Gasteiger partial charge in [-0.3, -0.25) is 4.79 Å². The van der Waals surface area contributed by atoms with Gasteiger partial charge in [-0.05, 0) is 31.0 Å². The molecule has 2 heterocycles. The molecule has 1 aromatic carbocycles. The average Bonchev–Trinajstić information content (AvgIpc) is 3.06. The minimum atomic E-state index is -0.133. The first-order valence-corrected chi connectivity index (χ1v) is 10.6. The predicted molar refractivity (Wildman–Crippen MR) is 116 cm³/mol. The van der Waals surface area contributed by atoms with Crippen LogP contribution >= 0.6 is 23.2 Å². The number of rotatable bonds is 7. The van der Waals surface area contributed by atoms with E-state index in [9.17, 15) is 4.79 Å². The lowest BCUT2D eigenvalue weighted by atomic mass is 10.1. The fourth-order valence-electron chi connectivity index (χ4n) is 3.71. The molecule has 0 aliphatic carbocycles. The van der Waals surface area contributed by atoms with Gasteiger partial charge in [-0.15, -0.1) is 0 Å². The first kappa shape index (κ1) is 20.9. The monoisotopic (exact) mass is 420 g/mol. The van der Waals surface area contributed by atoms with Gasteiger partial charge in [0.25, 0.3) is 5.56 Å². The van der Waals surface area contributed by atoms with E-state index >= 15 is 0 Å². The van der Waals surface area contributed by atoms with E-state index in [1.807, 2.05) is 6.07 Å². The van der Waals surface area contributed by atoms with Gasteiger partial charge < -0.3 is 4.57 Å². The van der Waals surface area contributed by atoms with Gasteiger partial charge >= 0.3 is 0 Å². The first-order valence-electron chi connectivity index (χ1n) is 9.86. The van der Waals surface area contributed by atoms with E-state index in [0.717, 1.165) is 43.5 Å². The van der Waals surface area contributed by atoms with Crippen molar-refractivity contribution in [3.8, 4) is 11.3 Å². The second-order valence-electron chi connectivity index (χ2n) is 7.05. The van der Waals surface area contributed by atoms with E-state index in [1.165, 1.54) is 4.68 Å². The van der Waals surface area contributed by atoms with Crippen LogP contribution in [-0.2, 0) is 13.5 Å². The Morgan fingerprint density at radius 1 is 1.18 bits per heavy atom. The van der Waals surface area contributed by atoms with Gasteiger partial charge in [0.15, 0.2) is 0 Å². The standard InChI is InChI=1S/C21H26Cl2N4O/c1-5-8-9-14(6-2)27-17(7-3)24-19-18(25-26(4)21(28)20(19)27)15-11-10-13(22)12-16(15)23/h10-12,14H,5-9H2,1-4H3. The fourth-order valence-corrected chi connectivity index (χ4v) is 4.20. The molecule has 0 radical (unpaired) electrons. The molecule has 0 N–H and O–H groups in total. The molecule has 0 fully saturated rings. The summed E-state index contributed by atoms with van der Waals surface area (Å²) in [7, 11) is 1.67. The third kappa shape index (κ3) is 3.70. The van der Waals surface area contributed by atoms with E-state index < -0.39 is 0 Å². The number of fused-ring (bicyclic) bond motifs is 1. The first-order chi connectivity index (χ1) is 13.4. The average molecular weight is 421 g/mol. The quantitative estimate of drug-likeness (QED) is 0.484. The molecule has 150 valence electrons. The lowest BCUT2D eigenvalue weighted by Gasteiger charge is -2.20. The molecule has 1 unspecified atom stereocenters. The smallest absolute Gasteiger partial charge is 0.292 e. The van der Waals surface area contributed by atoms with Gasteiger partial charge in [-0.1, -0.05) is 56.8 Å². The highest BCUT2D eigenvalue weighted by molar-refractivity contribution is 6.36. The number of aryl methyl sites for hydroxylation is 2. The van der Waals surface area contributed by atoms with Crippen LogP contribution < -0.4 is 5.56 Å². The van der Waals surface area contributed by atoms with Crippen molar-refractivity contribution in [3.63, 3.8) is 0 Å². The van der Waals surface area contributed by atoms with Crippen LogP contribution in [0.2, 0.25) is 10.0 Å². The van der Waals surface area contributed by atoms with E-state index in [1.54, 1.807) is 19.2 Å². The Morgan fingerprint density at radius 3 is 2.54 bits per heavy atom. The zero-order valence-electron chi connectivity index (χ0n) is 16.8. The molecule has 3 aromatic rings. The Labute approximate surface area is 175 Å². The maximum Gasteiger partial charge on any atom is 0.292 e. The van der Waals surface area contributed by atoms with Gasteiger partial charge in [-0.25, -0.2) is 9.67 Å². The van der Waals surface area contributed by atoms with Crippen LogP contribution in [0.1, 0.15) is 58.3 Å². The maximum atomic E-state index is 13.1. The van der Waals surface area contributed by atoms with Gasteiger partial charge in [-0.2, -0.15) is 5.10 Å². The number of hydrogen-bond donors (Lipinski definition) is 0. The summed E-state index contributed by atoms with van der Waals surface area (Å²) in [5.41, 5.74) is 2.42. The lowest BCUT2D eigenvalue weighted by molar-refractivity contribution is 0.433. The van der Waals surface area contributed by atoms with E-state index in [4.69, 9.17) is 28.2 Å². The molecular formula is C21H26Cl2N4O. The summed E-state index contributed by atoms with van der Waals surface area (Å²) < 4.78 is 3.52. The largest absolute Gasteiger partial charge is 0.320 e. The van der Waals surface area contributed by atoms with E-state index in [0.29, 0.717) is 26.8 Å². The second-order valence-corrected chi connectivity index (χ2v) is 7.90. The highest BCUT2D eigenvalue weighted by Crippen LogP contribution is 2.34. The lowest BCUT2D eigenvalue weighted by Crippen LogP contribution is -2.24. The molecule has 0 amide bonds. The zero-order valence-corrected chi connectivity index (χ0v) is 18.3. The van der Waals surface area contributed by atoms with Crippen molar-refractivity contribution in [2.24, 2.45) is 7.05 Å². The van der Waals surface area contributed by atoms with Gasteiger partial charge in [0, 0.05) is 30.1 Å². The topological polar surface area (TPSA) is 52.7 Å². The predicted octanol–water partition coefficient (Wildman–Crippen LogP) is 5.81. The molecular weight excluding hydrogens is 395 g/mol. The van der Waals surface area contributed by atoms with Crippen LogP contribution in [0.5, 0.6) is 0 Å². The number of halogens is 2. The van der Waals surface area contributed by atoms with Crippen molar-refractivity contribution < 1.29 is 0 Å². The summed E-state index contributed by atoms with van der Waals surface area (Å²) in [6, 6.07) is 5.53. The van der Waals surface area contributed by atoms with Crippen LogP contribution in [0.25, 0.3) is 22.3 Å². The van der Waals surface area contributed by atoms with Crippen molar-refractivity contribution in [1.29, 1.82) is 0 Å². The minimum Gasteiger partial charge on any atom is -0.320 e. The molecule has 0 saturated carbocycles. The highest BCUT2D eigenvalue weighted by Gasteiger charge is 2.24. The molecule has 5 nitrogen and oxygen atoms in total. The zero-order chi connectivity index (χ0) is 20.4. The minimum absolute atomic E-state index is 0.133. The third-order valence-corrected chi connectivity index (χ3v) is 5.73. The Balaban J connectivity index is 2.35. The molecule has 0 bridgehead atoms. The SMILES string of the molecule is CCCCC(CC)n1c(CC)nc2c(-c3ccc(Cl)cc3Cl)nn(C)c(=O)c21. The van der Waals surface area contributed by atoms with Crippen LogP contribution in [0.15, 0.2) is 23.0 Å². The van der Waals surface area contributed by atoms with Gasteiger partial charge in [0.1, 0.15) is 22.6 Å². The van der Waals surface area contributed by atoms with E-state index in [-0.39, 0.29) is 11.6 Å². The van der Waals surface area contributed by atoms with Crippen molar-refractivity contribution in [2.45, 2.75) is 58.9 Å². The summed E-state index contributed by atoms with van der Waals surface area (Å²) in [5, 5.41) is 5.55. The van der Waals surface area contributed by atoms with Crippen LogP contribution in [0.3, 0.4) is 0 Å². The van der Waals surface area contributed by atoms with E-state index in [2.05, 4.69) is 30.4 Å². The third-order valence-electron chi connectivity index (χ3n) is 5.18. The molecule has 3 rings (SSSR count). The number of hydrogen-bond acceptors (Lipinski definition) is 3. The number of imidazole rings is 1. The molecule has 0 aliphatic rings. The Bertz CT molecular complexity index is 1050. The van der Waals surface area contributed by atoms with Crippen LogP contribution in [0, 0.1) is 0 Å². The second kappa shape index (κ2) is 8.66. The number of benzene rings is 1. The molecule has 7 heteroatoms. The van der Waals surface area contributed by atoms with Crippen molar-refractivity contribution in [3.05, 3.63) is 44.4 Å². The Kier molecular flexibility index (Phi) is 6.46. The molecule has 28 heavy (non-hydrogen) atoms. The Hall–Kier alpha value is -1.85. The van der Waals surface area contributed by atoms with Crippen LogP contribution in [-0.4, -0.2) is 19.3 Å². The fraction of sp³-hybridized carbons (Fsp3) is 0.476. The summed E-state index contributed by atoms with van der Waals surface area (Å²) in [4.78, 5) is 17.9. The Morgan fingerprint density at radius 2 is 1.93 bits per heavy atom. The molecule has 1 atom stereocenters. The molecule has 0 aliphatic heterocycles. The summed E-state index contributed by atoms with van der Waals surface area (Å²) in [6.07, 6.45) is 4.95.